The number of benzene rings is 3. The summed E-state index contributed by atoms with van der Waals surface area (Å²) >= 11 is 0. The molecule has 124 valence electrons. The topological polar surface area (TPSA) is 3.24 Å². The van der Waals surface area contributed by atoms with Crippen LogP contribution in [-0.4, -0.2) is 11.4 Å². The van der Waals surface area contributed by atoms with Gasteiger partial charge in [0.2, 0.25) is 0 Å². The summed E-state index contributed by atoms with van der Waals surface area (Å²) in [6.07, 6.45) is 0. The van der Waals surface area contributed by atoms with E-state index >= 15 is 0 Å². The minimum absolute atomic E-state index is 0.312. The Morgan fingerprint density at radius 1 is 0.760 bits per heavy atom. The van der Waals surface area contributed by atoms with Gasteiger partial charge in [0.15, 0.2) is 0 Å². The van der Waals surface area contributed by atoms with Crippen LogP contribution in [0.1, 0.15) is 29.7 Å². The van der Waals surface area contributed by atoms with E-state index < -0.39 is 0 Å². The monoisotopic (exact) mass is 325 g/mol. The van der Waals surface area contributed by atoms with E-state index in [1.54, 1.807) is 0 Å². The molecule has 1 nitrogen and oxygen atoms in total. The van der Waals surface area contributed by atoms with Crippen LogP contribution < -0.4 is 0 Å². The van der Waals surface area contributed by atoms with E-state index in [2.05, 4.69) is 96.5 Å². The Bertz CT molecular complexity index is 813. The van der Waals surface area contributed by atoms with Crippen molar-refractivity contribution in [1.82, 2.24) is 4.90 Å². The molecule has 0 N–H and O–H groups in total. The molecule has 0 heterocycles. The average Bonchev–Trinajstić information content (AvgIpc) is 2.69. The molecule has 3 aromatic carbocycles. The number of rotatable bonds is 5. The largest absolute Gasteiger partial charge is 0.281 e. The van der Waals surface area contributed by atoms with Gasteiger partial charge in [-0.25, -0.2) is 0 Å². The van der Waals surface area contributed by atoms with E-state index in [0.29, 0.717) is 6.04 Å². The third-order valence-corrected chi connectivity index (χ3v) is 4.35. The van der Waals surface area contributed by atoms with E-state index in [1.807, 2.05) is 18.2 Å². The van der Waals surface area contributed by atoms with Crippen LogP contribution in [0.4, 0.5) is 0 Å². The van der Waals surface area contributed by atoms with Gasteiger partial charge in [-0.3, -0.25) is 4.90 Å². The van der Waals surface area contributed by atoms with Crippen molar-refractivity contribution in [3.8, 4) is 11.8 Å². The molecule has 0 radical (unpaired) electrons. The first-order valence-electron chi connectivity index (χ1n) is 8.70. The first-order chi connectivity index (χ1) is 12.3. The van der Waals surface area contributed by atoms with Crippen molar-refractivity contribution in [3.05, 3.63) is 108 Å². The summed E-state index contributed by atoms with van der Waals surface area (Å²) in [6, 6.07) is 31.7. The molecular formula is C24H23N. The zero-order valence-corrected chi connectivity index (χ0v) is 14.6. The van der Waals surface area contributed by atoms with Crippen LogP contribution in [-0.2, 0) is 6.54 Å². The molecule has 0 bridgehead atoms. The lowest BCUT2D eigenvalue weighted by molar-refractivity contribution is 0.229. The van der Waals surface area contributed by atoms with E-state index in [0.717, 1.165) is 18.7 Å². The van der Waals surface area contributed by atoms with Gasteiger partial charge < -0.3 is 0 Å². The second-order valence-corrected chi connectivity index (χ2v) is 6.15. The Hall–Kier alpha value is -2.82. The second kappa shape index (κ2) is 8.87. The molecule has 3 aromatic rings. The molecule has 3 rings (SSSR count). The third kappa shape index (κ3) is 5.08. The van der Waals surface area contributed by atoms with E-state index in [4.69, 9.17) is 0 Å². The maximum atomic E-state index is 3.35. The van der Waals surface area contributed by atoms with Gasteiger partial charge >= 0.3 is 0 Å². The molecule has 25 heavy (non-hydrogen) atoms. The Kier molecular flexibility index (Phi) is 6.04. The Morgan fingerprint density at radius 2 is 1.32 bits per heavy atom. The SMILES string of the molecule is C[C@@H](c1ccccc1)N(CC#Cc1ccccc1)Cc1ccccc1. The highest BCUT2D eigenvalue weighted by Crippen LogP contribution is 2.21. The highest BCUT2D eigenvalue weighted by Gasteiger charge is 2.15. The number of nitrogens with zero attached hydrogens (tertiary/aromatic N) is 1. The molecule has 0 aromatic heterocycles. The van der Waals surface area contributed by atoms with Crippen molar-refractivity contribution in [1.29, 1.82) is 0 Å². The summed E-state index contributed by atoms with van der Waals surface area (Å²) in [5.74, 6) is 6.62. The van der Waals surface area contributed by atoms with Gasteiger partial charge in [0.1, 0.15) is 0 Å². The summed E-state index contributed by atoms with van der Waals surface area (Å²) in [5, 5.41) is 0. The molecule has 0 aliphatic heterocycles. The van der Waals surface area contributed by atoms with Gasteiger partial charge in [-0.2, -0.15) is 0 Å². The summed E-state index contributed by atoms with van der Waals surface area (Å²) in [5.41, 5.74) is 3.70. The molecule has 1 atom stereocenters. The van der Waals surface area contributed by atoms with E-state index in [-0.39, 0.29) is 0 Å². The summed E-state index contributed by atoms with van der Waals surface area (Å²) in [4.78, 5) is 2.42. The summed E-state index contributed by atoms with van der Waals surface area (Å²) < 4.78 is 0. The molecule has 0 amide bonds. The van der Waals surface area contributed by atoms with Gasteiger partial charge in [-0.05, 0) is 30.2 Å². The first-order valence-corrected chi connectivity index (χ1v) is 8.70. The summed E-state index contributed by atoms with van der Waals surface area (Å²) in [7, 11) is 0. The lowest BCUT2D eigenvalue weighted by Crippen LogP contribution is -2.27. The van der Waals surface area contributed by atoms with Gasteiger partial charge in [0, 0.05) is 18.2 Å². The van der Waals surface area contributed by atoms with Gasteiger partial charge in [0.25, 0.3) is 0 Å². The average molecular weight is 325 g/mol. The molecule has 0 unspecified atom stereocenters. The Morgan fingerprint density at radius 3 is 1.96 bits per heavy atom. The zero-order chi connectivity index (χ0) is 17.3. The van der Waals surface area contributed by atoms with Crippen molar-refractivity contribution in [2.45, 2.75) is 19.5 Å². The highest BCUT2D eigenvalue weighted by molar-refractivity contribution is 5.34. The van der Waals surface area contributed by atoms with Crippen molar-refractivity contribution in [3.63, 3.8) is 0 Å². The molecule has 1 heteroatoms. The molecule has 0 fully saturated rings. The van der Waals surface area contributed by atoms with Crippen molar-refractivity contribution >= 4 is 0 Å². The lowest BCUT2D eigenvalue weighted by Gasteiger charge is -2.27. The van der Waals surface area contributed by atoms with Crippen molar-refractivity contribution in [2.75, 3.05) is 6.54 Å². The van der Waals surface area contributed by atoms with Crippen LogP contribution in [0.15, 0.2) is 91.0 Å². The quantitative estimate of drug-likeness (QED) is 0.575. The maximum absolute atomic E-state index is 3.35. The van der Waals surface area contributed by atoms with Crippen molar-refractivity contribution < 1.29 is 0 Å². The fourth-order valence-electron chi connectivity index (χ4n) is 2.85. The van der Waals surface area contributed by atoms with Crippen LogP contribution in [0.25, 0.3) is 0 Å². The van der Waals surface area contributed by atoms with E-state index in [9.17, 15) is 0 Å². The number of hydrogen-bond acceptors (Lipinski definition) is 1. The zero-order valence-electron chi connectivity index (χ0n) is 14.6. The minimum Gasteiger partial charge on any atom is -0.281 e. The Balaban J connectivity index is 1.78. The third-order valence-electron chi connectivity index (χ3n) is 4.35. The molecule has 0 saturated carbocycles. The van der Waals surface area contributed by atoms with Gasteiger partial charge in [-0.1, -0.05) is 90.7 Å². The molecule has 0 saturated heterocycles. The molecule has 0 spiro atoms. The Labute approximate surface area is 150 Å². The highest BCUT2D eigenvalue weighted by atomic mass is 15.1. The van der Waals surface area contributed by atoms with Crippen molar-refractivity contribution in [2.24, 2.45) is 0 Å². The standard InChI is InChI=1S/C24H23N/c1-21(24-17-9-4-10-18-24)25(20-23-14-7-3-8-15-23)19-11-16-22-12-5-2-6-13-22/h2-10,12-15,17-18,21H,19-20H2,1H3/t21-/m0/s1. The van der Waals surface area contributed by atoms with Crippen LogP contribution in [0, 0.1) is 11.8 Å². The van der Waals surface area contributed by atoms with Crippen LogP contribution >= 0.6 is 0 Å². The maximum Gasteiger partial charge on any atom is 0.0613 e. The second-order valence-electron chi connectivity index (χ2n) is 6.15. The fraction of sp³-hybridized carbons (Fsp3) is 0.167. The predicted molar refractivity (Wildman–Crippen MR) is 105 cm³/mol. The van der Waals surface area contributed by atoms with Gasteiger partial charge in [-0.15, -0.1) is 0 Å². The van der Waals surface area contributed by atoms with E-state index in [1.165, 1.54) is 11.1 Å². The predicted octanol–water partition coefficient (Wildman–Crippen LogP) is 5.30. The number of hydrogen-bond donors (Lipinski definition) is 0. The van der Waals surface area contributed by atoms with Crippen LogP contribution in [0.2, 0.25) is 0 Å². The minimum atomic E-state index is 0.312. The normalized spacial score (nSPS) is 11.6. The first kappa shape index (κ1) is 17.0. The smallest absolute Gasteiger partial charge is 0.0613 e. The molecule has 0 aliphatic rings. The van der Waals surface area contributed by atoms with Gasteiger partial charge in [0.05, 0.1) is 6.54 Å². The van der Waals surface area contributed by atoms with Crippen LogP contribution in [0.3, 0.4) is 0 Å². The van der Waals surface area contributed by atoms with Crippen LogP contribution in [0.5, 0.6) is 0 Å². The fourth-order valence-corrected chi connectivity index (χ4v) is 2.85. The molecule has 0 aliphatic carbocycles. The lowest BCUT2D eigenvalue weighted by atomic mass is 10.1. The molecular weight excluding hydrogens is 302 g/mol. The summed E-state index contributed by atoms with van der Waals surface area (Å²) in [6.45, 7) is 3.88.